The number of aldehydes is 1. The van der Waals surface area contributed by atoms with Crippen LogP contribution in [0.4, 0.5) is 0 Å². The Morgan fingerprint density at radius 1 is 1.38 bits per heavy atom. The molecule has 0 spiro atoms. The SMILES string of the molecule is CC(=O)OCC([O-])C(O)C(O)C(O)C=O.[Na+]. The first kappa shape index (κ1) is 18.3. The molecule has 3 N–H and O–H groups in total. The van der Waals surface area contributed by atoms with Crippen LogP contribution in [0.15, 0.2) is 0 Å². The molecule has 0 aliphatic heterocycles. The summed E-state index contributed by atoms with van der Waals surface area (Å²) < 4.78 is 4.30. The number of hydrogen-bond acceptors (Lipinski definition) is 7. The average molecular weight is 244 g/mol. The zero-order valence-corrected chi connectivity index (χ0v) is 11.1. The number of rotatable bonds is 6. The Morgan fingerprint density at radius 3 is 2.25 bits per heavy atom. The van der Waals surface area contributed by atoms with Gasteiger partial charge in [-0.15, -0.1) is 0 Å². The van der Waals surface area contributed by atoms with Gasteiger partial charge in [-0.05, 0) is 0 Å². The van der Waals surface area contributed by atoms with Crippen molar-refractivity contribution in [1.82, 2.24) is 0 Å². The predicted octanol–water partition coefficient (Wildman–Crippen LogP) is -6.44. The quantitative estimate of drug-likeness (QED) is 0.241. The zero-order valence-electron chi connectivity index (χ0n) is 9.07. The van der Waals surface area contributed by atoms with E-state index in [1.807, 2.05) is 0 Å². The Balaban J connectivity index is 0. The largest absolute Gasteiger partial charge is 1.00 e. The minimum Gasteiger partial charge on any atom is -0.848 e. The third kappa shape index (κ3) is 6.54. The molecule has 0 saturated heterocycles. The van der Waals surface area contributed by atoms with Gasteiger partial charge in [0.05, 0.1) is 12.7 Å². The Kier molecular flexibility index (Phi) is 10.4. The van der Waals surface area contributed by atoms with Crippen LogP contribution in [0.1, 0.15) is 6.92 Å². The van der Waals surface area contributed by atoms with Gasteiger partial charge in [0.1, 0.15) is 12.2 Å². The number of ether oxygens (including phenoxy) is 1. The van der Waals surface area contributed by atoms with Crippen LogP contribution < -0.4 is 34.7 Å². The summed E-state index contributed by atoms with van der Waals surface area (Å²) in [7, 11) is 0. The van der Waals surface area contributed by atoms with Crippen molar-refractivity contribution in [2.45, 2.75) is 31.3 Å². The molecule has 0 rings (SSSR count). The summed E-state index contributed by atoms with van der Waals surface area (Å²) in [6, 6.07) is 0. The molecule has 0 heterocycles. The van der Waals surface area contributed by atoms with Crippen LogP contribution in [0, 0.1) is 0 Å². The van der Waals surface area contributed by atoms with Crippen LogP contribution >= 0.6 is 0 Å². The molecule has 0 saturated carbocycles. The molecular formula is C8H13NaO7. The number of hydrogen-bond donors (Lipinski definition) is 3. The van der Waals surface area contributed by atoms with Gasteiger partial charge in [-0.25, -0.2) is 0 Å². The van der Waals surface area contributed by atoms with Gasteiger partial charge in [-0.3, -0.25) is 4.79 Å². The maximum atomic E-state index is 11.1. The van der Waals surface area contributed by atoms with Crippen LogP contribution in [-0.4, -0.2) is 58.6 Å². The van der Waals surface area contributed by atoms with Crippen LogP contribution in [-0.2, 0) is 14.3 Å². The second-order valence-electron chi connectivity index (χ2n) is 2.95. The molecule has 0 fully saturated rings. The van der Waals surface area contributed by atoms with Gasteiger partial charge in [0.15, 0.2) is 6.29 Å². The van der Waals surface area contributed by atoms with Crippen molar-refractivity contribution >= 4 is 12.3 Å². The number of aliphatic hydroxyl groups excluding tert-OH is 3. The molecule has 88 valence electrons. The van der Waals surface area contributed by atoms with E-state index in [0.717, 1.165) is 6.92 Å². The molecule has 4 unspecified atom stereocenters. The van der Waals surface area contributed by atoms with Crippen molar-refractivity contribution in [3.8, 4) is 0 Å². The smallest absolute Gasteiger partial charge is 0.848 e. The Morgan fingerprint density at radius 2 is 1.88 bits per heavy atom. The topological polar surface area (TPSA) is 127 Å². The fourth-order valence-corrected chi connectivity index (χ4v) is 0.801. The maximum Gasteiger partial charge on any atom is 1.00 e. The van der Waals surface area contributed by atoms with Crippen molar-refractivity contribution in [2.75, 3.05) is 6.61 Å². The second kappa shape index (κ2) is 9.06. The minimum atomic E-state index is -1.89. The molecule has 0 aliphatic carbocycles. The molecule has 0 aromatic carbocycles. The van der Waals surface area contributed by atoms with Gasteiger partial charge in [-0.2, -0.15) is 0 Å². The minimum absolute atomic E-state index is 0. The van der Waals surface area contributed by atoms with Gasteiger partial charge in [0, 0.05) is 6.92 Å². The molecule has 0 aromatic heterocycles. The molecule has 7 nitrogen and oxygen atoms in total. The Labute approximate surface area is 114 Å². The van der Waals surface area contributed by atoms with Crippen LogP contribution in [0.25, 0.3) is 0 Å². The molecular weight excluding hydrogens is 231 g/mol. The third-order valence-corrected chi connectivity index (χ3v) is 1.67. The summed E-state index contributed by atoms with van der Waals surface area (Å²) in [6.07, 6.45) is -7.44. The predicted molar refractivity (Wildman–Crippen MR) is 44.5 cm³/mol. The van der Waals surface area contributed by atoms with E-state index in [2.05, 4.69) is 4.74 Å². The van der Waals surface area contributed by atoms with Crippen molar-refractivity contribution in [1.29, 1.82) is 0 Å². The molecule has 0 bridgehead atoms. The first-order valence-electron chi connectivity index (χ1n) is 4.18. The fourth-order valence-electron chi connectivity index (χ4n) is 0.801. The van der Waals surface area contributed by atoms with Crippen LogP contribution in [0.5, 0.6) is 0 Å². The van der Waals surface area contributed by atoms with E-state index >= 15 is 0 Å². The van der Waals surface area contributed by atoms with E-state index < -0.39 is 37.0 Å². The summed E-state index contributed by atoms with van der Waals surface area (Å²) in [4.78, 5) is 20.4. The number of aliphatic hydroxyl groups is 3. The first-order valence-corrected chi connectivity index (χ1v) is 4.18. The first-order chi connectivity index (χ1) is 6.90. The molecule has 4 atom stereocenters. The average Bonchev–Trinajstić information content (AvgIpc) is 2.22. The number of carbonyl (C=O) groups excluding carboxylic acids is 2. The molecule has 16 heavy (non-hydrogen) atoms. The van der Waals surface area contributed by atoms with Gasteiger partial charge >= 0.3 is 35.5 Å². The van der Waals surface area contributed by atoms with Crippen molar-refractivity contribution in [2.24, 2.45) is 0 Å². The van der Waals surface area contributed by atoms with Gasteiger partial charge < -0.3 is 30.0 Å². The van der Waals surface area contributed by atoms with E-state index in [-0.39, 0.29) is 35.8 Å². The van der Waals surface area contributed by atoms with E-state index in [1.165, 1.54) is 0 Å². The van der Waals surface area contributed by atoms with Gasteiger partial charge in [0.2, 0.25) is 0 Å². The molecule has 0 aliphatic rings. The van der Waals surface area contributed by atoms with Crippen molar-refractivity contribution < 1.29 is 64.3 Å². The summed E-state index contributed by atoms with van der Waals surface area (Å²) >= 11 is 0. The van der Waals surface area contributed by atoms with E-state index in [9.17, 15) is 14.7 Å². The Bertz CT molecular complexity index is 222. The standard InChI is InChI=1S/C8H13O7.Na/c1-4(10)15-3-6(12)8(14)7(13)5(11)2-9;/h2,5-8,11,13-14H,3H2,1H3;/q-1;+1. The van der Waals surface area contributed by atoms with Crippen LogP contribution in [0.2, 0.25) is 0 Å². The second-order valence-corrected chi connectivity index (χ2v) is 2.95. The monoisotopic (exact) mass is 244 g/mol. The van der Waals surface area contributed by atoms with Gasteiger partial charge in [-0.1, -0.05) is 6.10 Å². The number of carbonyl (C=O) groups is 2. The molecule has 0 radical (unpaired) electrons. The summed E-state index contributed by atoms with van der Waals surface area (Å²) in [5.41, 5.74) is 0. The third-order valence-electron chi connectivity index (χ3n) is 1.67. The molecule has 8 heteroatoms. The number of esters is 1. The van der Waals surface area contributed by atoms with Gasteiger partial charge in [0.25, 0.3) is 0 Å². The summed E-state index contributed by atoms with van der Waals surface area (Å²) in [6.45, 7) is 0.439. The summed E-state index contributed by atoms with van der Waals surface area (Å²) in [5, 5.41) is 38.1. The molecule has 0 amide bonds. The van der Waals surface area contributed by atoms with Crippen LogP contribution in [0.3, 0.4) is 0 Å². The van der Waals surface area contributed by atoms with E-state index in [0.29, 0.717) is 0 Å². The normalized spacial score (nSPS) is 17.6. The fraction of sp³-hybridized carbons (Fsp3) is 0.750. The molecule has 0 aromatic rings. The zero-order chi connectivity index (χ0) is 12.0. The maximum absolute atomic E-state index is 11.1. The Hall–Kier alpha value is -0.0200. The van der Waals surface area contributed by atoms with E-state index in [4.69, 9.17) is 15.3 Å². The van der Waals surface area contributed by atoms with E-state index in [1.54, 1.807) is 0 Å². The van der Waals surface area contributed by atoms with Crippen molar-refractivity contribution in [3.05, 3.63) is 0 Å². The van der Waals surface area contributed by atoms with Crippen molar-refractivity contribution in [3.63, 3.8) is 0 Å². The summed E-state index contributed by atoms with van der Waals surface area (Å²) in [5.74, 6) is -0.700.